The Labute approximate surface area is 164 Å². The van der Waals surface area contributed by atoms with Crippen molar-refractivity contribution in [1.29, 1.82) is 0 Å². The molecule has 0 aliphatic heterocycles. The number of carboxylic acids is 1. The first-order chi connectivity index (χ1) is 12.8. The fourth-order valence-corrected chi connectivity index (χ4v) is 2.04. The summed E-state index contributed by atoms with van der Waals surface area (Å²) in [5, 5.41) is 14.3. The first kappa shape index (κ1) is 25.2. The van der Waals surface area contributed by atoms with Gasteiger partial charge in [0.25, 0.3) is 0 Å². The van der Waals surface area contributed by atoms with Gasteiger partial charge in [0.05, 0.1) is 0 Å². The van der Waals surface area contributed by atoms with Gasteiger partial charge < -0.3 is 37.7 Å². The van der Waals surface area contributed by atoms with E-state index >= 15 is 0 Å². The van der Waals surface area contributed by atoms with Crippen molar-refractivity contribution in [3.05, 3.63) is 12.2 Å². The minimum atomic E-state index is -1.69. The maximum atomic E-state index is 12.7. The zero-order chi connectivity index (χ0) is 22.0. The Bertz CT molecular complexity index is 610. The second kappa shape index (κ2) is 11.1. The number of nitrogens with two attached hydrogens (primary N) is 3. The Kier molecular flexibility index (Phi) is 10.0. The summed E-state index contributed by atoms with van der Waals surface area (Å²) < 4.78 is 5.16. The average Bonchev–Trinajstić information content (AvgIpc) is 2.53. The van der Waals surface area contributed by atoms with E-state index in [1.807, 2.05) is 0 Å². The van der Waals surface area contributed by atoms with E-state index in [4.69, 9.17) is 21.9 Å². The second-order valence-electron chi connectivity index (χ2n) is 7.28. The number of nitrogens with one attached hydrogen (secondary N) is 2. The molecule has 0 fully saturated rings. The molecule has 9 N–H and O–H groups in total. The van der Waals surface area contributed by atoms with E-state index in [-0.39, 0.29) is 25.5 Å². The SMILES string of the molecule is CC(C)(C)OC(=O)N[C@@H](CCCN=C(N)N)C(=O)N[C@@](C)(/C=C/CN)C(=O)O. The summed E-state index contributed by atoms with van der Waals surface area (Å²) in [6.07, 6.45) is 2.43. The molecule has 0 aromatic rings. The van der Waals surface area contributed by atoms with Gasteiger partial charge in [-0.3, -0.25) is 9.79 Å². The molecule has 0 bridgehead atoms. The van der Waals surface area contributed by atoms with Gasteiger partial charge in [-0.2, -0.15) is 0 Å². The van der Waals surface area contributed by atoms with Crippen LogP contribution in [0.15, 0.2) is 17.1 Å². The highest BCUT2D eigenvalue weighted by Gasteiger charge is 2.35. The summed E-state index contributed by atoms with van der Waals surface area (Å²) in [7, 11) is 0. The van der Waals surface area contributed by atoms with Crippen molar-refractivity contribution in [3.8, 4) is 0 Å². The molecule has 0 saturated heterocycles. The molecular formula is C17H32N6O5. The third-order valence-corrected chi connectivity index (χ3v) is 3.37. The molecule has 0 saturated carbocycles. The number of carboxylic acid groups (broad SMARTS) is 1. The average molecular weight is 400 g/mol. The molecule has 0 heterocycles. The summed E-state index contributed by atoms with van der Waals surface area (Å²) in [5.41, 5.74) is 13.4. The Morgan fingerprint density at radius 1 is 1.21 bits per heavy atom. The molecule has 28 heavy (non-hydrogen) atoms. The highest BCUT2D eigenvalue weighted by molar-refractivity contribution is 5.92. The molecule has 0 aliphatic rings. The van der Waals surface area contributed by atoms with Crippen molar-refractivity contribution >= 4 is 23.9 Å². The van der Waals surface area contributed by atoms with Crippen LogP contribution in [0.5, 0.6) is 0 Å². The number of hydrogen-bond acceptors (Lipinski definition) is 6. The quantitative estimate of drug-likeness (QED) is 0.121. The molecule has 0 radical (unpaired) electrons. The molecule has 0 spiro atoms. The lowest BCUT2D eigenvalue weighted by molar-refractivity contribution is -0.145. The second-order valence-corrected chi connectivity index (χ2v) is 7.28. The van der Waals surface area contributed by atoms with Crippen LogP contribution in [0.25, 0.3) is 0 Å². The zero-order valence-electron chi connectivity index (χ0n) is 16.8. The maximum absolute atomic E-state index is 12.7. The summed E-state index contributed by atoms with van der Waals surface area (Å²) in [4.78, 5) is 40.1. The number of amides is 2. The fourth-order valence-electron chi connectivity index (χ4n) is 2.04. The molecular weight excluding hydrogens is 368 g/mol. The van der Waals surface area contributed by atoms with E-state index in [0.29, 0.717) is 6.42 Å². The fraction of sp³-hybridized carbons (Fsp3) is 0.647. The van der Waals surface area contributed by atoms with Crippen LogP contribution in [0.2, 0.25) is 0 Å². The summed E-state index contributed by atoms with van der Waals surface area (Å²) in [5.74, 6) is -2.06. The van der Waals surface area contributed by atoms with Gasteiger partial charge in [0.1, 0.15) is 11.6 Å². The monoisotopic (exact) mass is 400 g/mol. The van der Waals surface area contributed by atoms with Crippen molar-refractivity contribution in [3.63, 3.8) is 0 Å². The lowest BCUT2D eigenvalue weighted by Gasteiger charge is -2.27. The number of hydrogen-bond donors (Lipinski definition) is 6. The molecule has 0 aliphatic carbocycles. The van der Waals surface area contributed by atoms with E-state index < -0.39 is 35.2 Å². The number of alkyl carbamates (subject to hydrolysis) is 1. The molecule has 2 amide bonds. The topological polar surface area (TPSA) is 195 Å². The highest BCUT2D eigenvalue weighted by Crippen LogP contribution is 2.11. The molecule has 0 rings (SSSR count). The van der Waals surface area contributed by atoms with E-state index in [0.717, 1.165) is 0 Å². The summed E-state index contributed by atoms with van der Waals surface area (Å²) >= 11 is 0. The van der Waals surface area contributed by atoms with Crippen LogP contribution in [-0.4, -0.2) is 59.3 Å². The third-order valence-electron chi connectivity index (χ3n) is 3.37. The number of carbonyl (C=O) groups is 3. The number of aliphatic carboxylic acids is 1. The number of carbonyl (C=O) groups excluding carboxylic acids is 2. The minimum Gasteiger partial charge on any atom is -0.479 e. The van der Waals surface area contributed by atoms with Crippen molar-refractivity contribution in [2.45, 2.75) is 57.7 Å². The van der Waals surface area contributed by atoms with Gasteiger partial charge in [0.15, 0.2) is 11.5 Å². The predicted octanol–water partition coefficient (Wildman–Crippen LogP) is -0.592. The van der Waals surface area contributed by atoms with Gasteiger partial charge in [0.2, 0.25) is 5.91 Å². The molecule has 0 aromatic carbocycles. The highest BCUT2D eigenvalue weighted by atomic mass is 16.6. The number of ether oxygens (including phenoxy) is 1. The standard InChI is InChI=1S/C17H32N6O5/c1-16(2,3)28-15(27)22-11(7-5-10-21-14(19)20)12(24)23-17(4,13(25)26)8-6-9-18/h6,8,11H,5,7,9-10,18H2,1-4H3,(H,22,27)(H,23,24)(H,25,26)(H4,19,20,21)/b8-6+/t11-,17-/m0/s1. The van der Waals surface area contributed by atoms with E-state index in [9.17, 15) is 19.5 Å². The molecule has 0 unspecified atom stereocenters. The Hall–Kier alpha value is -2.82. The van der Waals surface area contributed by atoms with Crippen LogP contribution >= 0.6 is 0 Å². The molecule has 160 valence electrons. The largest absolute Gasteiger partial charge is 0.479 e. The van der Waals surface area contributed by atoms with Crippen molar-refractivity contribution in [2.75, 3.05) is 13.1 Å². The van der Waals surface area contributed by atoms with Crippen LogP contribution in [0, 0.1) is 0 Å². The molecule has 0 aromatic heterocycles. The Morgan fingerprint density at radius 2 is 1.82 bits per heavy atom. The molecule has 11 nitrogen and oxygen atoms in total. The van der Waals surface area contributed by atoms with Crippen molar-refractivity contribution in [1.82, 2.24) is 10.6 Å². The van der Waals surface area contributed by atoms with Crippen LogP contribution < -0.4 is 27.8 Å². The number of rotatable bonds is 10. The van der Waals surface area contributed by atoms with Crippen LogP contribution in [0.1, 0.15) is 40.5 Å². The van der Waals surface area contributed by atoms with Crippen molar-refractivity contribution < 1.29 is 24.2 Å². The predicted molar refractivity (Wildman–Crippen MR) is 105 cm³/mol. The Morgan fingerprint density at radius 3 is 2.29 bits per heavy atom. The van der Waals surface area contributed by atoms with E-state index in [1.165, 1.54) is 19.1 Å². The van der Waals surface area contributed by atoms with Crippen LogP contribution in [0.3, 0.4) is 0 Å². The zero-order valence-corrected chi connectivity index (χ0v) is 16.8. The normalized spacial score (nSPS) is 14.6. The van der Waals surface area contributed by atoms with Gasteiger partial charge in [-0.15, -0.1) is 0 Å². The van der Waals surface area contributed by atoms with E-state index in [2.05, 4.69) is 15.6 Å². The van der Waals surface area contributed by atoms with Gasteiger partial charge in [0, 0.05) is 13.1 Å². The smallest absolute Gasteiger partial charge is 0.408 e. The van der Waals surface area contributed by atoms with Gasteiger partial charge >= 0.3 is 12.1 Å². The minimum absolute atomic E-state index is 0.0912. The van der Waals surface area contributed by atoms with Crippen molar-refractivity contribution in [2.24, 2.45) is 22.2 Å². The van der Waals surface area contributed by atoms with E-state index in [1.54, 1.807) is 20.8 Å². The van der Waals surface area contributed by atoms with Gasteiger partial charge in [-0.25, -0.2) is 9.59 Å². The Balaban J connectivity index is 5.30. The van der Waals surface area contributed by atoms with Gasteiger partial charge in [-0.05, 0) is 40.5 Å². The third kappa shape index (κ3) is 10.4. The number of aliphatic imine (C=N–C) groups is 1. The number of nitrogens with zero attached hydrogens (tertiary/aromatic N) is 1. The maximum Gasteiger partial charge on any atom is 0.408 e. The molecule has 2 atom stereocenters. The number of guanidine groups is 1. The summed E-state index contributed by atoms with van der Waals surface area (Å²) in [6.45, 7) is 6.70. The van der Waals surface area contributed by atoms with Crippen LogP contribution in [-0.2, 0) is 14.3 Å². The molecule has 11 heteroatoms. The first-order valence-corrected chi connectivity index (χ1v) is 8.79. The first-order valence-electron chi connectivity index (χ1n) is 8.79. The van der Waals surface area contributed by atoms with Crippen LogP contribution in [0.4, 0.5) is 4.79 Å². The van der Waals surface area contributed by atoms with Gasteiger partial charge in [-0.1, -0.05) is 12.2 Å². The summed E-state index contributed by atoms with van der Waals surface area (Å²) in [6, 6.07) is -1.05. The lowest BCUT2D eigenvalue weighted by atomic mass is 10.0. The lowest BCUT2D eigenvalue weighted by Crippen LogP contribution is -2.57.